The zero-order valence-electron chi connectivity index (χ0n) is 15.3. The molecule has 3 rings (SSSR count). The Morgan fingerprint density at radius 3 is 2.00 bits per heavy atom. The molecule has 132 valence electrons. The van der Waals surface area contributed by atoms with Crippen LogP contribution in [0.15, 0.2) is 0 Å². The molecule has 0 aromatic rings. The van der Waals surface area contributed by atoms with Gasteiger partial charge in [0.05, 0.1) is 12.0 Å². The lowest BCUT2D eigenvalue weighted by Crippen LogP contribution is -2.30. The quantitative estimate of drug-likeness (QED) is 0.617. The third-order valence-electron chi connectivity index (χ3n) is 7.11. The Kier molecular flexibility index (Phi) is 6.04. The van der Waals surface area contributed by atoms with E-state index in [1.807, 2.05) is 6.92 Å². The molecular weight excluding hydrogens is 284 g/mol. The molecule has 1 heterocycles. The molecule has 0 N–H and O–H groups in total. The number of rotatable bonds is 4. The zero-order valence-corrected chi connectivity index (χ0v) is 15.3. The van der Waals surface area contributed by atoms with Gasteiger partial charge in [0.25, 0.3) is 0 Å². The van der Waals surface area contributed by atoms with Crippen LogP contribution in [0.3, 0.4) is 0 Å². The van der Waals surface area contributed by atoms with Crippen LogP contribution < -0.4 is 0 Å². The average Bonchev–Trinajstić information content (AvgIpc) is 2.55. The van der Waals surface area contributed by atoms with Gasteiger partial charge in [-0.15, -0.1) is 0 Å². The lowest BCUT2D eigenvalue weighted by atomic mass is 9.68. The van der Waals surface area contributed by atoms with Crippen molar-refractivity contribution in [3.05, 3.63) is 0 Å². The SMILES string of the molecule is CC1CCC(C2CCC(CCC3CCC(C)OC3=O)CC2)CC1. The van der Waals surface area contributed by atoms with Gasteiger partial charge in [0.1, 0.15) is 0 Å². The number of hydrogen-bond acceptors (Lipinski definition) is 2. The summed E-state index contributed by atoms with van der Waals surface area (Å²) < 4.78 is 5.40. The van der Waals surface area contributed by atoms with Gasteiger partial charge in [-0.05, 0) is 82.0 Å². The molecule has 2 atom stereocenters. The highest BCUT2D eigenvalue weighted by molar-refractivity contribution is 5.73. The van der Waals surface area contributed by atoms with E-state index >= 15 is 0 Å². The second-order valence-corrected chi connectivity index (χ2v) is 8.90. The minimum absolute atomic E-state index is 0.0776. The van der Waals surface area contributed by atoms with Crippen LogP contribution in [0.2, 0.25) is 0 Å². The number of carbonyl (C=O) groups is 1. The van der Waals surface area contributed by atoms with Crippen molar-refractivity contribution in [1.82, 2.24) is 0 Å². The molecule has 1 aliphatic heterocycles. The maximum absolute atomic E-state index is 11.9. The van der Waals surface area contributed by atoms with Crippen LogP contribution in [0.4, 0.5) is 0 Å². The summed E-state index contributed by atoms with van der Waals surface area (Å²) in [5.41, 5.74) is 0. The predicted octanol–water partition coefficient (Wildman–Crippen LogP) is 5.74. The molecule has 0 spiro atoms. The Morgan fingerprint density at radius 2 is 1.39 bits per heavy atom. The molecule has 0 radical (unpaired) electrons. The number of carbonyl (C=O) groups excluding carboxylic acids is 1. The molecule has 0 bridgehead atoms. The van der Waals surface area contributed by atoms with Crippen LogP contribution in [-0.2, 0) is 9.53 Å². The number of cyclic esters (lactones) is 1. The summed E-state index contributed by atoms with van der Waals surface area (Å²) in [5, 5.41) is 0. The predicted molar refractivity (Wildman–Crippen MR) is 94.1 cm³/mol. The highest BCUT2D eigenvalue weighted by atomic mass is 16.5. The fourth-order valence-corrected chi connectivity index (χ4v) is 5.31. The van der Waals surface area contributed by atoms with E-state index in [0.29, 0.717) is 0 Å². The molecule has 2 nitrogen and oxygen atoms in total. The fraction of sp³-hybridized carbons (Fsp3) is 0.952. The zero-order chi connectivity index (χ0) is 16.2. The Morgan fingerprint density at radius 1 is 0.783 bits per heavy atom. The molecule has 3 fully saturated rings. The third kappa shape index (κ3) is 4.73. The summed E-state index contributed by atoms with van der Waals surface area (Å²) in [6, 6.07) is 0. The van der Waals surface area contributed by atoms with Crippen LogP contribution >= 0.6 is 0 Å². The van der Waals surface area contributed by atoms with Crippen molar-refractivity contribution in [3.63, 3.8) is 0 Å². The van der Waals surface area contributed by atoms with Gasteiger partial charge in [0.2, 0.25) is 0 Å². The lowest BCUT2D eigenvalue weighted by molar-refractivity contribution is -0.159. The highest BCUT2D eigenvalue weighted by Crippen LogP contribution is 2.42. The second kappa shape index (κ2) is 8.03. The summed E-state index contributed by atoms with van der Waals surface area (Å²) in [6.07, 6.45) is 16.2. The van der Waals surface area contributed by atoms with E-state index in [2.05, 4.69) is 6.92 Å². The van der Waals surface area contributed by atoms with Crippen LogP contribution in [0.1, 0.15) is 90.9 Å². The third-order valence-corrected chi connectivity index (χ3v) is 7.11. The number of esters is 1. The first kappa shape index (κ1) is 17.3. The summed E-state index contributed by atoms with van der Waals surface area (Å²) >= 11 is 0. The van der Waals surface area contributed by atoms with Crippen LogP contribution in [0.5, 0.6) is 0 Å². The molecule has 2 aliphatic carbocycles. The molecule has 0 aromatic carbocycles. The molecule has 23 heavy (non-hydrogen) atoms. The summed E-state index contributed by atoms with van der Waals surface area (Å²) in [7, 11) is 0. The van der Waals surface area contributed by atoms with Crippen molar-refractivity contribution in [3.8, 4) is 0 Å². The van der Waals surface area contributed by atoms with Crippen molar-refractivity contribution >= 4 is 5.97 Å². The maximum Gasteiger partial charge on any atom is 0.309 e. The van der Waals surface area contributed by atoms with Crippen LogP contribution in [-0.4, -0.2) is 12.1 Å². The van der Waals surface area contributed by atoms with E-state index in [4.69, 9.17) is 4.74 Å². The van der Waals surface area contributed by atoms with E-state index in [1.165, 1.54) is 57.8 Å². The molecule has 0 aromatic heterocycles. The molecule has 0 amide bonds. The minimum Gasteiger partial charge on any atom is -0.462 e. The van der Waals surface area contributed by atoms with E-state index in [-0.39, 0.29) is 18.0 Å². The maximum atomic E-state index is 11.9. The smallest absolute Gasteiger partial charge is 0.309 e. The van der Waals surface area contributed by atoms with Gasteiger partial charge in [0.15, 0.2) is 0 Å². The second-order valence-electron chi connectivity index (χ2n) is 8.90. The first-order valence-corrected chi connectivity index (χ1v) is 10.3. The van der Waals surface area contributed by atoms with Gasteiger partial charge >= 0.3 is 5.97 Å². The van der Waals surface area contributed by atoms with Crippen molar-refractivity contribution in [1.29, 1.82) is 0 Å². The van der Waals surface area contributed by atoms with Crippen LogP contribution in [0.25, 0.3) is 0 Å². The van der Waals surface area contributed by atoms with Gasteiger partial charge < -0.3 is 4.74 Å². The Hall–Kier alpha value is -0.530. The van der Waals surface area contributed by atoms with Crippen molar-refractivity contribution in [2.45, 2.75) is 97.0 Å². The fourth-order valence-electron chi connectivity index (χ4n) is 5.31. The minimum atomic E-state index is 0.0776. The first-order valence-electron chi connectivity index (χ1n) is 10.3. The largest absolute Gasteiger partial charge is 0.462 e. The van der Waals surface area contributed by atoms with Crippen molar-refractivity contribution in [2.24, 2.45) is 29.6 Å². The summed E-state index contributed by atoms with van der Waals surface area (Å²) in [6.45, 7) is 4.44. The molecule has 2 saturated carbocycles. The van der Waals surface area contributed by atoms with Gasteiger partial charge in [0, 0.05) is 0 Å². The van der Waals surface area contributed by atoms with Crippen molar-refractivity contribution in [2.75, 3.05) is 0 Å². The molecular formula is C21H36O2. The average molecular weight is 321 g/mol. The number of ether oxygens (including phenoxy) is 1. The van der Waals surface area contributed by atoms with E-state index in [1.54, 1.807) is 0 Å². The standard InChI is InChI=1S/C21H36O2/c1-15-3-9-18(10-4-15)19-12-6-17(7-13-19)8-14-20-11-5-16(2)23-21(20)22/h15-20H,3-14H2,1-2H3. The topological polar surface area (TPSA) is 26.3 Å². The van der Waals surface area contributed by atoms with Gasteiger partial charge in [-0.3, -0.25) is 4.79 Å². The Balaban J connectivity index is 1.35. The van der Waals surface area contributed by atoms with E-state index in [9.17, 15) is 4.79 Å². The normalized spacial score (nSPS) is 42.3. The van der Waals surface area contributed by atoms with Gasteiger partial charge in [-0.2, -0.15) is 0 Å². The molecule has 3 aliphatic rings. The van der Waals surface area contributed by atoms with Gasteiger partial charge in [-0.1, -0.05) is 32.6 Å². The lowest BCUT2D eigenvalue weighted by Gasteiger charge is -2.37. The summed E-state index contributed by atoms with van der Waals surface area (Å²) in [4.78, 5) is 11.9. The highest BCUT2D eigenvalue weighted by Gasteiger charge is 2.32. The Bertz CT molecular complexity index is 375. The van der Waals surface area contributed by atoms with Crippen LogP contribution in [0, 0.1) is 29.6 Å². The van der Waals surface area contributed by atoms with Crippen molar-refractivity contribution < 1.29 is 9.53 Å². The van der Waals surface area contributed by atoms with Gasteiger partial charge in [-0.25, -0.2) is 0 Å². The van der Waals surface area contributed by atoms with E-state index < -0.39 is 0 Å². The molecule has 1 saturated heterocycles. The first-order chi connectivity index (χ1) is 11.1. The van der Waals surface area contributed by atoms with E-state index in [0.717, 1.165) is 42.9 Å². The molecule has 2 heteroatoms. The number of hydrogen-bond donors (Lipinski definition) is 0. The monoisotopic (exact) mass is 320 g/mol. The Labute approximate surface area is 142 Å². The molecule has 2 unspecified atom stereocenters. The summed E-state index contributed by atoms with van der Waals surface area (Å²) in [5.74, 6) is 4.17.